The average Bonchev–Trinajstić information content (AvgIpc) is 2.78. The summed E-state index contributed by atoms with van der Waals surface area (Å²) in [6, 6.07) is 17.1. The zero-order chi connectivity index (χ0) is 21.5. The Labute approximate surface area is 177 Å². The highest BCUT2D eigenvalue weighted by Crippen LogP contribution is 2.27. The molecule has 3 rings (SSSR count). The zero-order valence-electron chi connectivity index (χ0n) is 17.6. The van der Waals surface area contributed by atoms with Crippen molar-refractivity contribution in [3.05, 3.63) is 71.3 Å². The molecule has 0 aliphatic carbocycles. The van der Waals surface area contributed by atoms with Gasteiger partial charge in [-0.15, -0.1) is 0 Å². The first-order chi connectivity index (χ1) is 14.5. The van der Waals surface area contributed by atoms with Gasteiger partial charge < -0.3 is 15.5 Å². The fraction of sp³-hybridized carbons (Fsp3) is 0.375. The van der Waals surface area contributed by atoms with Gasteiger partial charge in [0.15, 0.2) is 0 Å². The van der Waals surface area contributed by atoms with E-state index in [9.17, 15) is 14.4 Å². The van der Waals surface area contributed by atoms with Crippen molar-refractivity contribution in [2.75, 3.05) is 19.6 Å². The molecule has 1 heterocycles. The fourth-order valence-corrected chi connectivity index (χ4v) is 3.69. The normalized spacial score (nSPS) is 15.8. The van der Waals surface area contributed by atoms with Crippen LogP contribution in [-0.2, 0) is 16.1 Å². The Balaban J connectivity index is 1.61. The van der Waals surface area contributed by atoms with Gasteiger partial charge in [0, 0.05) is 25.2 Å². The lowest BCUT2D eigenvalue weighted by molar-refractivity contribution is -0.124. The van der Waals surface area contributed by atoms with Crippen LogP contribution in [0.15, 0.2) is 54.6 Å². The highest BCUT2D eigenvalue weighted by atomic mass is 16.2. The number of amides is 3. The third kappa shape index (κ3) is 5.26. The number of nitrogens with zero attached hydrogens (tertiary/aromatic N) is 1. The van der Waals surface area contributed by atoms with Crippen LogP contribution in [-0.4, -0.2) is 42.3 Å². The summed E-state index contributed by atoms with van der Waals surface area (Å²) in [5, 5.41) is 5.76. The van der Waals surface area contributed by atoms with Crippen LogP contribution in [0.3, 0.4) is 0 Å². The van der Waals surface area contributed by atoms with E-state index in [0.717, 1.165) is 17.5 Å². The van der Waals surface area contributed by atoms with Crippen LogP contribution in [0.4, 0.5) is 0 Å². The van der Waals surface area contributed by atoms with Gasteiger partial charge in [0.25, 0.3) is 5.91 Å². The van der Waals surface area contributed by atoms with Gasteiger partial charge in [-0.3, -0.25) is 14.4 Å². The van der Waals surface area contributed by atoms with E-state index in [1.807, 2.05) is 42.5 Å². The summed E-state index contributed by atoms with van der Waals surface area (Å²) in [5.41, 5.74) is 2.49. The van der Waals surface area contributed by atoms with Gasteiger partial charge in [0.1, 0.15) is 0 Å². The number of hydrogen-bond donors (Lipinski definition) is 2. The third-order valence-electron chi connectivity index (χ3n) is 5.65. The number of benzene rings is 2. The maximum Gasteiger partial charge on any atom is 0.254 e. The van der Waals surface area contributed by atoms with E-state index in [0.29, 0.717) is 25.2 Å². The first kappa shape index (κ1) is 21.6. The van der Waals surface area contributed by atoms with E-state index in [4.69, 9.17) is 0 Å². The van der Waals surface area contributed by atoms with Gasteiger partial charge in [0.2, 0.25) is 11.8 Å². The molecule has 0 radical (unpaired) electrons. The van der Waals surface area contributed by atoms with Crippen molar-refractivity contribution in [2.45, 2.75) is 32.7 Å². The van der Waals surface area contributed by atoms with Crippen LogP contribution in [0.1, 0.15) is 47.7 Å². The van der Waals surface area contributed by atoms with Crippen LogP contribution >= 0.6 is 0 Å². The summed E-state index contributed by atoms with van der Waals surface area (Å²) in [4.78, 5) is 38.5. The Hall–Kier alpha value is -3.15. The fourth-order valence-electron chi connectivity index (χ4n) is 3.69. The molecule has 0 aromatic heterocycles. The highest BCUT2D eigenvalue weighted by molar-refractivity contribution is 5.97. The summed E-state index contributed by atoms with van der Waals surface area (Å²) in [7, 11) is 0. The number of carbonyl (C=O) groups excluding carboxylic acids is 3. The second-order valence-electron chi connectivity index (χ2n) is 7.77. The third-order valence-corrected chi connectivity index (χ3v) is 5.65. The highest BCUT2D eigenvalue weighted by Gasteiger charge is 2.26. The predicted octanol–water partition coefficient (Wildman–Crippen LogP) is 2.70. The lowest BCUT2D eigenvalue weighted by Crippen LogP contribution is -2.49. The smallest absolute Gasteiger partial charge is 0.254 e. The van der Waals surface area contributed by atoms with Crippen molar-refractivity contribution in [1.29, 1.82) is 0 Å². The molecule has 1 aliphatic heterocycles. The van der Waals surface area contributed by atoms with Gasteiger partial charge in [-0.1, -0.05) is 62.7 Å². The van der Waals surface area contributed by atoms with Crippen LogP contribution in [0, 0.1) is 5.92 Å². The van der Waals surface area contributed by atoms with E-state index < -0.39 is 0 Å². The minimum absolute atomic E-state index is 0.00929. The molecule has 2 unspecified atom stereocenters. The van der Waals surface area contributed by atoms with Crippen molar-refractivity contribution in [2.24, 2.45) is 5.92 Å². The van der Waals surface area contributed by atoms with Crippen molar-refractivity contribution in [1.82, 2.24) is 15.5 Å². The standard InChI is InChI=1S/C24H29N3O3/c1-3-17(2)22(19-7-5-4-6-8-19)23(29)26-15-18-9-11-20(12-10-18)24(30)27-14-13-25-21(28)16-27/h4-12,17,22H,3,13-16H2,1-2H3,(H,25,28)(H,26,29). The summed E-state index contributed by atoms with van der Waals surface area (Å²) in [5.74, 6) is -0.240. The zero-order valence-corrected chi connectivity index (χ0v) is 17.6. The molecule has 3 amide bonds. The van der Waals surface area contributed by atoms with Crippen molar-refractivity contribution in [3.63, 3.8) is 0 Å². The number of rotatable bonds is 7. The molecular formula is C24H29N3O3. The Morgan fingerprint density at radius 2 is 1.80 bits per heavy atom. The van der Waals surface area contributed by atoms with E-state index in [1.54, 1.807) is 17.0 Å². The molecule has 6 nitrogen and oxygen atoms in total. The molecule has 6 heteroatoms. The molecule has 0 saturated carbocycles. The van der Waals surface area contributed by atoms with Gasteiger partial charge >= 0.3 is 0 Å². The molecule has 2 N–H and O–H groups in total. The maximum absolute atomic E-state index is 12.9. The Morgan fingerprint density at radius 1 is 1.10 bits per heavy atom. The molecule has 0 spiro atoms. The quantitative estimate of drug-likeness (QED) is 0.741. The number of hydrogen-bond acceptors (Lipinski definition) is 3. The molecule has 30 heavy (non-hydrogen) atoms. The number of carbonyl (C=O) groups is 3. The van der Waals surface area contributed by atoms with Crippen molar-refractivity contribution in [3.8, 4) is 0 Å². The van der Waals surface area contributed by atoms with Crippen LogP contribution in [0.2, 0.25) is 0 Å². The van der Waals surface area contributed by atoms with Crippen LogP contribution in [0.5, 0.6) is 0 Å². The molecule has 1 fully saturated rings. The van der Waals surface area contributed by atoms with Gasteiger partial charge in [-0.25, -0.2) is 0 Å². The average molecular weight is 408 g/mol. The van der Waals surface area contributed by atoms with Crippen LogP contribution < -0.4 is 10.6 Å². The molecule has 2 aromatic rings. The van der Waals surface area contributed by atoms with E-state index in [-0.39, 0.29) is 36.1 Å². The first-order valence-electron chi connectivity index (χ1n) is 10.5. The topological polar surface area (TPSA) is 78.5 Å². The Morgan fingerprint density at radius 3 is 2.43 bits per heavy atom. The van der Waals surface area contributed by atoms with E-state index in [2.05, 4.69) is 24.5 Å². The minimum Gasteiger partial charge on any atom is -0.353 e. The maximum atomic E-state index is 12.9. The second kappa shape index (κ2) is 10.1. The minimum atomic E-state index is -0.192. The van der Waals surface area contributed by atoms with Gasteiger partial charge in [0.05, 0.1) is 12.5 Å². The van der Waals surface area contributed by atoms with E-state index >= 15 is 0 Å². The summed E-state index contributed by atoms with van der Waals surface area (Å²) in [6.45, 7) is 5.67. The molecule has 158 valence electrons. The number of nitrogens with one attached hydrogen (secondary N) is 2. The molecule has 2 atom stereocenters. The summed E-state index contributed by atoms with van der Waals surface area (Å²) < 4.78 is 0. The molecule has 1 saturated heterocycles. The second-order valence-corrected chi connectivity index (χ2v) is 7.77. The monoisotopic (exact) mass is 407 g/mol. The molecule has 1 aliphatic rings. The van der Waals surface area contributed by atoms with Gasteiger partial charge in [-0.2, -0.15) is 0 Å². The molecule has 0 bridgehead atoms. The lowest BCUT2D eigenvalue weighted by Gasteiger charge is -2.26. The van der Waals surface area contributed by atoms with Crippen molar-refractivity contribution < 1.29 is 14.4 Å². The molecular weight excluding hydrogens is 378 g/mol. The van der Waals surface area contributed by atoms with Crippen LogP contribution in [0.25, 0.3) is 0 Å². The molecule has 2 aromatic carbocycles. The first-order valence-corrected chi connectivity index (χ1v) is 10.5. The van der Waals surface area contributed by atoms with Crippen molar-refractivity contribution >= 4 is 17.7 Å². The largest absolute Gasteiger partial charge is 0.353 e. The summed E-state index contributed by atoms with van der Waals surface area (Å²) in [6.07, 6.45) is 0.915. The van der Waals surface area contributed by atoms with Gasteiger partial charge in [-0.05, 0) is 29.2 Å². The number of piperazine rings is 1. The predicted molar refractivity (Wildman–Crippen MR) is 116 cm³/mol. The SMILES string of the molecule is CCC(C)C(C(=O)NCc1ccc(C(=O)N2CCNC(=O)C2)cc1)c1ccccc1. The van der Waals surface area contributed by atoms with E-state index in [1.165, 1.54) is 0 Å². The lowest BCUT2D eigenvalue weighted by atomic mass is 9.85. The Bertz CT molecular complexity index is 880. The summed E-state index contributed by atoms with van der Waals surface area (Å²) >= 11 is 0. The Kier molecular flexibility index (Phi) is 7.22.